The summed E-state index contributed by atoms with van der Waals surface area (Å²) >= 11 is 0. The van der Waals surface area contributed by atoms with Crippen LogP contribution in [0.1, 0.15) is 271 Å². The van der Waals surface area contributed by atoms with Gasteiger partial charge in [0.15, 0.2) is 12.1 Å². The summed E-state index contributed by atoms with van der Waals surface area (Å²) in [5, 5.41) is 9.66. The van der Waals surface area contributed by atoms with E-state index in [9.17, 15) is 19.5 Å². The molecule has 0 saturated heterocycles. The maximum absolute atomic E-state index is 12.8. The third-order valence-electron chi connectivity index (χ3n) is 12.7. The zero-order valence-corrected chi connectivity index (χ0v) is 42.6. The number of rotatable bonds is 50. The van der Waals surface area contributed by atoms with Gasteiger partial charge >= 0.3 is 17.9 Å². The van der Waals surface area contributed by atoms with Gasteiger partial charge < -0.3 is 23.8 Å². The number of likely N-dealkylation sites (N-methyl/N-ethyl adjacent to an activating group) is 1. The van der Waals surface area contributed by atoms with Crippen molar-refractivity contribution in [1.82, 2.24) is 0 Å². The van der Waals surface area contributed by atoms with Gasteiger partial charge in [-0.25, -0.2) is 4.79 Å². The van der Waals surface area contributed by atoms with Crippen molar-refractivity contribution in [3.63, 3.8) is 0 Å². The van der Waals surface area contributed by atoms with Crippen LogP contribution in [0.2, 0.25) is 0 Å². The van der Waals surface area contributed by atoms with Gasteiger partial charge in [-0.05, 0) is 38.5 Å². The zero-order valence-electron chi connectivity index (χ0n) is 42.6. The van der Waals surface area contributed by atoms with Crippen LogP contribution >= 0.6 is 0 Å². The van der Waals surface area contributed by atoms with Crippen molar-refractivity contribution >= 4 is 17.9 Å². The van der Waals surface area contributed by atoms with E-state index in [2.05, 4.69) is 26.0 Å². The number of hydrogen-bond acceptors (Lipinski definition) is 6. The SMILES string of the molecule is CCCCCCCCCCCCC/C=C/CCCCCCCCCC(=O)OC(COCCC(C(=O)O)[N+](C)(C)C)COC(=O)CCCCCCCCCCCCCCCCCCC. The van der Waals surface area contributed by atoms with E-state index in [1.54, 1.807) is 0 Å². The zero-order chi connectivity index (χ0) is 46.3. The van der Waals surface area contributed by atoms with E-state index in [4.69, 9.17) is 14.2 Å². The lowest BCUT2D eigenvalue weighted by Gasteiger charge is -2.31. The van der Waals surface area contributed by atoms with Crippen molar-refractivity contribution in [2.24, 2.45) is 0 Å². The normalized spacial score (nSPS) is 12.8. The van der Waals surface area contributed by atoms with Gasteiger partial charge in [-0.2, -0.15) is 0 Å². The Kier molecular flexibility index (Phi) is 45.2. The molecule has 372 valence electrons. The first-order chi connectivity index (χ1) is 30.6. The first-order valence-electron chi connectivity index (χ1n) is 27.2. The second-order valence-electron chi connectivity index (χ2n) is 19.8. The topological polar surface area (TPSA) is 99.1 Å². The molecule has 0 aromatic heterocycles. The molecule has 0 rings (SSSR count). The molecule has 0 radical (unpaired) electrons. The summed E-state index contributed by atoms with van der Waals surface area (Å²) in [5.41, 5.74) is 0. The first-order valence-corrected chi connectivity index (χ1v) is 27.2. The molecule has 2 unspecified atom stereocenters. The number of carbonyl (C=O) groups is 3. The van der Waals surface area contributed by atoms with E-state index in [0.29, 0.717) is 19.3 Å². The molecule has 63 heavy (non-hydrogen) atoms. The Balaban J connectivity index is 4.18. The number of unbranched alkanes of at least 4 members (excludes halogenated alkanes) is 34. The van der Waals surface area contributed by atoms with E-state index in [0.717, 1.165) is 38.5 Å². The van der Waals surface area contributed by atoms with Gasteiger partial charge in [-0.1, -0.05) is 225 Å². The number of esters is 2. The second kappa shape index (κ2) is 46.6. The monoisotopic (exact) mass is 893 g/mol. The van der Waals surface area contributed by atoms with Gasteiger partial charge in [-0.15, -0.1) is 0 Å². The number of nitrogens with zero attached hydrogens (tertiary/aromatic N) is 1. The molecule has 8 nitrogen and oxygen atoms in total. The van der Waals surface area contributed by atoms with Crippen LogP contribution in [-0.4, -0.2) is 80.6 Å². The summed E-state index contributed by atoms with van der Waals surface area (Å²) in [6.45, 7) is 4.79. The van der Waals surface area contributed by atoms with Crippen LogP contribution in [0.15, 0.2) is 12.2 Å². The van der Waals surface area contributed by atoms with Crippen molar-refractivity contribution in [3.8, 4) is 0 Å². The number of aliphatic carboxylic acids is 1. The maximum Gasteiger partial charge on any atom is 0.362 e. The van der Waals surface area contributed by atoms with Gasteiger partial charge in [0.2, 0.25) is 0 Å². The Morgan fingerprint density at radius 3 is 1.14 bits per heavy atom. The number of carboxylic acid groups (broad SMARTS) is 1. The Morgan fingerprint density at radius 1 is 0.460 bits per heavy atom. The number of hydrogen-bond donors (Lipinski definition) is 1. The molecule has 0 aromatic carbocycles. The molecule has 0 heterocycles. The van der Waals surface area contributed by atoms with E-state index < -0.39 is 18.1 Å². The first kappa shape index (κ1) is 61.1. The average molecular weight is 893 g/mol. The van der Waals surface area contributed by atoms with E-state index in [-0.39, 0.29) is 36.2 Å². The Bertz CT molecular complexity index is 1040. The van der Waals surface area contributed by atoms with Gasteiger partial charge in [0, 0.05) is 19.3 Å². The van der Waals surface area contributed by atoms with Crippen molar-refractivity contribution < 1.29 is 38.2 Å². The number of carbonyl (C=O) groups excluding carboxylic acids is 2. The lowest BCUT2D eigenvalue weighted by Crippen LogP contribution is -2.50. The maximum atomic E-state index is 12.8. The third kappa shape index (κ3) is 45.0. The summed E-state index contributed by atoms with van der Waals surface area (Å²) in [7, 11) is 5.55. The van der Waals surface area contributed by atoms with E-state index in [1.807, 2.05) is 21.1 Å². The Labute approximate surface area is 390 Å². The van der Waals surface area contributed by atoms with Crippen LogP contribution in [0.4, 0.5) is 0 Å². The van der Waals surface area contributed by atoms with Crippen molar-refractivity contribution in [2.45, 2.75) is 283 Å². The van der Waals surface area contributed by atoms with Crippen molar-refractivity contribution in [2.75, 3.05) is 41.0 Å². The summed E-state index contributed by atoms with van der Waals surface area (Å²) in [5.74, 6) is -1.45. The fourth-order valence-electron chi connectivity index (χ4n) is 8.44. The number of quaternary nitrogens is 1. The highest BCUT2D eigenvalue weighted by Crippen LogP contribution is 2.17. The molecule has 0 fully saturated rings. The summed E-state index contributed by atoms with van der Waals surface area (Å²) in [6.07, 6.45) is 52.6. The molecule has 0 aliphatic heterocycles. The average Bonchev–Trinajstić information content (AvgIpc) is 3.24. The molecular weight excluding hydrogens is 787 g/mol. The Hall–Kier alpha value is -1.93. The van der Waals surface area contributed by atoms with Crippen LogP contribution in [-0.2, 0) is 28.6 Å². The van der Waals surface area contributed by atoms with Crippen molar-refractivity contribution in [3.05, 3.63) is 12.2 Å². The number of carboxylic acids is 1. The van der Waals surface area contributed by atoms with Crippen LogP contribution in [0.3, 0.4) is 0 Å². The van der Waals surface area contributed by atoms with E-state index in [1.165, 1.54) is 199 Å². The standard InChI is InChI=1S/C55H105NO7/c1-6-8-10-12-14-16-18-20-22-24-25-26-27-28-30-32-34-36-38-40-42-44-46-54(58)63-51(49-61-48-47-52(55(59)60)56(3,4)5)50-62-53(57)45-43-41-39-37-35-33-31-29-23-21-19-17-15-13-11-9-7-2/h27-28,51-52H,6-26,29-50H2,1-5H3/p+1/b28-27+. The largest absolute Gasteiger partial charge is 0.477 e. The molecule has 8 heteroatoms. The van der Waals surface area contributed by atoms with Crippen molar-refractivity contribution in [1.29, 1.82) is 0 Å². The van der Waals surface area contributed by atoms with E-state index >= 15 is 0 Å². The summed E-state index contributed by atoms with van der Waals surface area (Å²) in [4.78, 5) is 37.2. The van der Waals surface area contributed by atoms with Crippen LogP contribution in [0.25, 0.3) is 0 Å². The highest BCUT2D eigenvalue weighted by atomic mass is 16.6. The smallest absolute Gasteiger partial charge is 0.362 e. The highest BCUT2D eigenvalue weighted by Gasteiger charge is 2.31. The fraction of sp³-hybridized carbons (Fsp3) is 0.909. The summed E-state index contributed by atoms with van der Waals surface area (Å²) in [6, 6.07) is -0.612. The minimum Gasteiger partial charge on any atom is -0.477 e. The van der Waals surface area contributed by atoms with Gasteiger partial charge in [0.25, 0.3) is 0 Å². The molecule has 2 atom stereocenters. The number of ether oxygens (including phenoxy) is 3. The molecular formula is C55H106NO7+. The predicted octanol–water partition coefficient (Wildman–Crippen LogP) is 15.8. The fourth-order valence-corrected chi connectivity index (χ4v) is 8.44. The highest BCUT2D eigenvalue weighted by molar-refractivity contribution is 5.72. The quantitative estimate of drug-likeness (QED) is 0.0281. The summed E-state index contributed by atoms with van der Waals surface area (Å²) < 4.78 is 17.4. The van der Waals surface area contributed by atoms with Crippen LogP contribution < -0.4 is 0 Å². The minimum atomic E-state index is -0.871. The van der Waals surface area contributed by atoms with Gasteiger partial charge in [0.05, 0.1) is 34.4 Å². The predicted molar refractivity (Wildman–Crippen MR) is 266 cm³/mol. The number of allylic oxidation sites excluding steroid dienone is 2. The molecule has 1 N–H and O–H groups in total. The molecule has 0 bridgehead atoms. The lowest BCUT2D eigenvalue weighted by atomic mass is 10.0. The van der Waals surface area contributed by atoms with Gasteiger partial charge in [-0.3, -0.25) is 9.59 Å². The molecule has 0 aromatic rings. The van der Waals surface area contributed by atoms with Gasteiger partial charge in [0.1, 0.15) is 6.61 Å². The lowest BCUT2D eigenvalue weighted by molar-refractivity contribution is -0.887. The minimum absolute atomic E-state index is 0.0459. The Morgan fingerprint density at radius 2 is 0.794 bits per heavy atom. The van der Waals surface area contributed by atoms with Crippen LogP contribution in [0.5, 0.6) is 0 Å². The molecule has 0 amide bonds. The second-order valence-corrected chi connectivity index (χ2v) is 19.8. The van der Waals surface area contributed by atoms with Crippen LogP contribution in [0, 0.1) is 0 Å². The molecule has 0 spiro atoms. The molecule has 0 saturated carbocycles. The third-order valence-corrected chi connectivity index (χ3v) is 12.7. The molecule has 0 aliphatic rings. The molecule has 0 aliphatic carbocycles.